The topological polar surface area (TPSA) is 87.7 Å². The Kier molecular flexibility index (Phi) is 5.25. The third-order valence-electron chi connectivity index (χ3n) is 4.85. The predicted molar refractivity (Wildman–Crippen MR) is 96.6 cm³/mol. The van der Waals surface area contributed by atoms with Gasteiger partial charge in [0.15, 0.2) is 6.61 Å². The van der Waals surface area contributed by atoms with Gasteiger partial charge in [-0.3, -0.25) is 14.4 Å². The van der Waals surface area contributed by atoms with Gasteiger partial charge in [-0.1, -0.05) is 12.6 Å². The lowest BCUT2D eigenvalue weighted by Crippen LogP contribution is -2.43. The largest absolute Gasteiger partial charge is 0.482 e. The van der Waals surface area contributed by atoms with Gasteiger partial charge in [-0.2, -0.15) is 0 Å². The van der Waals surface area contributed by atoms with Crippen molar-refractivity contribution in [2.45, 2.75) is 25.8 Å². The zero-order valence-corrected chi connectivity index (χ0v) is 14.8. The number of amides is 3. The quantitative estimate of drug-likeness (QED) is 0.802. The molecule has 138 valence electrons. The summed E-state index contributed by atoms with van der Waals surface area (Å²) in [5.41, 5.74) is 1.51. The third kappa shape index (κ3) is 3.87. The fourth-order valence-electron chi connectivity index (χ4n) is 3.28. The number of likely N-dealkylation sites (tertiary alicyclic amines) is 1. The predicted octanol–water partition coefficient (Wildman–Crippen LogP) is 1.62. The van der Waals surface area contributed by atoms with Crippen molar-refractivity contribution in [2.75, 3.05) is 25.0 Å². The summed E-state index contributed by atoms with van der Waals surface area (Å²) in [4.78, 5) is 37.3. The van der Waals surface area contributed by atoms with Crippen LogP contribution in [0.15, 0.2) is 30.9 Å². The van der Waals surface area contributed by atoms with Crippen LogP contribution in [-0.2, 0) is 14.4 Å². The summed E-state index contributed by atoms with van der Waals surface area (Å²) in [6.45, 7) is 6.55. The number of fused-ring (bicyclic) bond motifs is 1. The van der Waals surface area contributed by atoms with Crippen molar-refractivity contribution >= 4 is 23.4 Å². The van der Waals surface area contributed by atoms with Crippen molar-refractivity contribution in [1.82, 2.24) is 10.2 Å². The zero-order chi connectivity index (χ0) is 18.7. The number of benzene rings is 1. The van der Waals surface area contributed by atoms with E-state index in [-0.39, 0.29) is 36.3 Å². The molecular formula is C19H23N3O4. The summed E-state index contributed by atoms with van der Waals surface area (Å²) in [6.07, 6.45) is 2.60. The van der Waals surface area contributed by atoms with E-state index in [2.05, 4.69) is 17.2 Å². The second kappa shape index (κ2) is 7.59. The van der Waals surface area contributed by atoms with Gasteiger partial charge in [0.2, 0.25) is 11.8 Å². The van der Waals surface area contributed by atoms with Crippen LogP contribution < -0.4 is 15.4 Å². The van der Waals surface area contributed by atoms with Crippen molar-refractivity contribution in [2.24, 2.45) is 5.92 Å². The molecule has 3 rings (SSSR count). The van der Waals surface area contributed by atoms with Crippen LogP contribution in [0.4, 0.5) is 5.69 Å². The first-order valence-corrected chi connectivity index (χ1v) is 8.76. The maximum absolute atomic E-state index is 12.5. The summed E-state index contributed by atoms with van der Waals surface area (Å²) >= 11 is 0. The second-order valence-electron chi connectivity index (χ2n) is 6.63. The van der Waals surface area contributed by atoms with Crippen molar-refractivity contribution in [1.29, 1.82) is 0 Å². The van der Waals surface area contributed by atoms with Crippen LogP contribution in [0.2, 0.25) is 0 Å². The highest BCUT2D eigenvalue weighted by atomic mass is 16.5. The molecule has 1 unspecified atom stereocenters. The molecule has 1 fully saturated rings. The average Bonchev–Trinajstić information content (AvgIpc) is 2.66. The van der Waals surface area contributed by atoms with Crippen molar-refractivity contribution in [3.8, 4) is 5.75 Å². The van der Waals surface area contributed by atoms with Crippen LogP contribution in [0.1, 0.15) is 31.4 Å². The van der Waals surface area contributed by atoms with Gasteiger partial charge in [0.05, 0.1) is 11.7 Å². The van der Waals surface area contributed by atoms with E-state index >= 15 is 0 Å². The number of anilines is 1. The SMILES string of the molecule is C=CC(=O)N1CCC(C(=O)NC(C)c2ccc3c(c2)NC(=O)CO3)CC1. The first-order chi connectivity index (χ1) is 12.5. The van der Waals surface area contributed by atoms with E-state index in [9.17, 15) is 14.4 Å². The van der Waals surface area contributed by atoms with Gasteiger partial charge in [-0.05, 0) is 43.5 Å². The molecule has 0 saturated carbocycles. The second-order valence-corrected chi connectivity index (χ2v) is 6.63. The van der Waals surface area contributed by atoms with Gasteiger partial charge in [0, 0.05) is 19.0 Å². The highest BCUT2D eigenvalue weighted by Gasteiger charge is 2.27. The molecule has 0 aliphatic carbocycles. The fourth-order valence-corrected chi connectivity index (χ4v) is 3.28. The number of piperidine rings is 1. The zero-order valence-electron chi connectivity index (χ0n) is 14.8. The Labute approximate surface area is 152 Å². The number of nitrogens with one attached hydrogen (secondary N) is 2. The Balaban J connectivity index is 1.58. The van der Waals surface area contributed by atoms with Gasteiger partial charge in [-0.25, -0.2) is 0 Å². The molecule has 0 radical (unpaired) electrons. The van der Waals surface area contributed by atoms with E-state index in [0.29, 0.717) is 37.4 Å². The smallest absolute Gasteiger partial charge is 0.262 e. The first kappa shape index (κ1) is 18.0. The van der Waals surface area contributed by atoms with Crippen LogP contribution >= 0.6 is 0 Å². The minimum absolute atomic E-state index is 0.0128. The summed E-state index contributed by atoms with van der Waals surface area (Å²) in [6, 6.07) is 5.31. The maximum atomic E-state index is 12.5. The van der Waals surface area contributed by atoms with E-state index in [0.717, 1.165) is 5.56 Å². The molecule has 2 aliphatic heterocycles. The van der Waals surface area contributed by atoms with Gasteiger partial charge < -0.3 is 20.3 Å². The number of hydrogen-bond acceptors (Lipinski definition) is 4. The maximum Gasteiger partial charge on any atom is 0.262 e. The Morgan fingerprint density at radius 2 is 2.12 bits per heavy atom. The van der Waals surface area contributed by atoms with Crippen molar-refractivity contribution < 1.29 is 19.1 Å². The van der Waals surface area contributed by atoms with Gasteiger partial charge in [0.1, 0.15) is 5.75 Å². The average molecular weight is 357 g/mol. The van der Waals surface area contributed by atoms with Crippen LogP contribution in [-0.4, -0.2) is 42.3 Å². The number of carbonyl (C=O) groups excluding carboxylic acids is 3. The van der Waals surface area contributed by atoms with E-state index in [1.807, 2.05) is 19.1 Å². The molecule has 7 heteroatoms. The molecule has 26 heavy (non-hydrogen) atoms. The van der Waals surface area contributed by atoms with Gasteiger partial charge in [-0.15, -0.1) is 0 Å². The number of rotatable bonds is 4. The van der Waals surface area contributed by atoms with Gasteiger partial charge in [0.25, 0.3) is 5.91 Å². The molecule has 1 aromatic rings. The van der Waals surface area contributed by atoms with E-state index in [4.69, 9.17) is 4.74 Å². The lowest BCUT2D eigenvalue weighted by molar-refractivity contribution is -0.132. The Bertz CT molecular complexity index is 738. The number of carbonyl (C=O) groups is 3. The van der Waals surface area contributed by atoms with Crippen molar-refractivity contribution in [3.63, 3.8) is 0 Å². The van der Waals surface area contributed by atoms with E-state index in [1.54, 1.807) is 11.0 Å². The minimum Gasteiger partial charge on any atom is -0.482 e. The van der Waals surface area contributed by atoms with Crippen LogP contribution in [0, 0.1) is 5.92 Å². The molecule has 1 aromatic carbocycles. The Hall–Kier alpha value is -2.83. The molecular weight excluding hydrogens is 334 g/mol. The molecule has 0 aromatic heterocycles. The van der Waals surface area contributed by atoms with Gasteiger partial charge >= 0.3 is 0 Å². The third-order valence-corrected chi connectivity index (χ3v) is 4.85. The highest BCUT2D eigenvalue weighted by Crippen LogP contribution is 2.30. The van der Waals surface area contributed by atoms with E-state index in [1.165, 1.54) is 6.08 Å². The lowest BCUT2D eigenvalue weighted by Gasteiger charge is -2.31. The molecule has 2 N–H and O–H groups in total. The van der Waals surface area contributed by atoms with Crippen LogP contribution in [0.5, 0.6) is 5.75 Å². The monoisotopic (exact) mass is 357 g/mol. The summed E-state index contributed by atoms with van der Waals surface area (Å²) < 4.78 is 5.35. The number of nitrogens with zero attached hydrogens (tertiary/aromatic N) is 1. The molecule has 7 nitrogen and oxygen atoms in total. The van der Waals surface area contributed by atoms with Crippen LogP contribution in [0.25, 0.3) is 0 Å². The molecule has 3 amide bonds. The molecule has 2 aliphatic rings. The summed E-state index contributed by atoms with van der Waals surface area (Å²) in [5, 5.41) is 5.80. The van der Waals surface area contributed by atoms with Crippen LogP contribution in [0.3, 0.4) is 0 Å². The molecule has 2 heterocycles. The standard InChI is InChI=1S/C19H23N3O4/c1-3-18(24)22-8-6-13(7-9-22)19(25)20-12(2)14-4-5-16-15(10-14)21-17(23)11-26-16/h3-5,10,12-13H,1,6-9,11H2,2H3,(H,20,25)(H,21,23). The lowest BCUT2D eigenvalue weighted by atomic mass is 9.95. The van der Waals surface area contributed by atoms with E-state index < -0.39 is 0 Å². The Morgan fingerprint density at radius 3 is 2.81 bits per heavy atom. The highest BCUT2D eigenvalue weighted by molar-refractivity contribution is 5.95. The molecule has 1 saturated heterocycles. The molecule has 0 bridgehead atoms. The summed E-state index contributed by atoms with van der Waals surface area (Å²) in [7, 11) is 0. The molecule has 1 atom stereocenters. The fraction of sp³-hybridized carbons (Fsp3) is 0.421. The summed E-state index contributed by atoms with van der Waals surface area (Å²) in [5.74, 6) is 0.238. The number of ether oxygens (including phenoxy) is 1. The Morgan fingerprint density at radius 1 is 1.38 bits per heavy atom. The van der Waals surface area contributed by atoms with Crippen molar-refractivity contribution in [3.05, 3.63) is 36.4 Å². The first-order valence-electron chi connectivity index (χ1n) is 8.76. The molecule has 0 spiro atoms. The number of hydrogen-bond donors (Lipinski definition) is 2. The normalized spacial score (nSPS) is 18.2. The minimum atomic E-state index is -0.195.